The number of hydrogen-bond donors (Lipinski definition) is 0. The molecule has 1 aliphatic heterocycles. The fraction of sp³-hybridized carbons (Fsp3) is 0.714. The molecule has 1 unspecified atom stereocenters. The standard InChI is InChI=1S/C21H36O6Si/c1-6-10-11-14-21(5)23-16-18-15-19(12-13-20(18)27-21)22-17-28(24-7-2,25-8-3)26-9-4/h12-13,15H,6-11,14,16-17H2,1-5H3. The number of hydrogen-bond acceptors (Lipinski definition) is 6. The van der Waals surface area contributed by atoms with Crippen LogP contribution in [0.5, 0.6) is 11.5 Å². The number of fused-ring (bicyclic) bond motifs is 1. The zero-order valence-electron chi connectivity index (χ0n) is 18.0. The first-order valence-electron chi connectivity index (χ1n) is 10.5. The summed E-state index contributed by atoms with van der Waals surface area (Å²) in [7, 11) is -2.84. The molecule has 0 aliphatic carbocycles. The van der Waals surface area contributed by atoms with Crippen molar-refractivity contribution in [3.05, 3.63) is 23.8 Å². The molecule has 1 aromatic rings. The van der Waals surface area contributed by atoms with Gasteiger partial charge in [0.1, 0.15) is 11.5 Å². The molecule has 0 saturated heterocycles. The summed E-state index contributed by atoms with van der Waals surface area (Å²) in [4.78, 5) is 0. The van der Waals surface area contributed by atoms with Gasteiger partial charge in [-0.25, -0.2) is 0 Å². The second-order valence-corrected chi connectivity index (χ2v) is 9.54. The summed E-state index contributed by atoms with van der Waals surface area (Å²) in [5.74, 6) is 1.04. The van der Waals surface area contributed by atoms with Crippen LogP contribution in [0.1, 0.15) is 65.9 Å². The highest BCUT2D eigenvalue weighted by molar-refractivity contribution is 6.60. The van der Waals surface area contributed by atoms with Gasteiger partial charge in [-0.2, -0.15) is 0 Å². The minimum atomic E-state index is -2.84. The quantitative estimate of drug-likeness (QED) is 0.341. The molecule has 0 N–H and O–H groups in total. The van der Waals surface area contributed by atoms with Gasteiger partial charge in [0.25, 0.3) is 0 Å². The van der Waals surface area contributed by atoms with Crippen molar-refractivity contribution < 1.29 is 27.5 Å². The summed E-state index contributed by atoms with van der Waals surface area (Å²) in [5, 5.41) is 0. The van der Waals surface area contributed by atoms with E-state index in [1.54, 1.807) is 0 Å². The normalized spacial score (nSPS) is 19.2. The van der Waals surface area contributed by atoms with E-state index in [-0.39, 0.29) is 6.23 Å². The molecule has 0 saturated carbocycles. The summed E-state index contributed by atoms with van der Waals surface area (Å²) in [6, 6.07) is 5.83. The molecule has 0 bridgehead atoms. The number of ether oxygens (including phenoxy) is 3. The molecule has 160 valence electrons. The van der Waals surface area contributed by atoms with Crippen molar-refractivity contribution in [3.63, 3.8) is 0 Å². The minimum absolute atomic E-state index is 0.276. The van der Waals surface area contributed by atoms with Gasteiger partial charge in [0, 0.05) is 38.7 Å². The van der Waals surface area contributed by atoms with Crippen molar-refractivity contribution in [1.82, 2.24) is 0 Å². The second-order valence-electron chi connectivity index (χ2n) is 7.02. The number of rotatable bonds is 13. The first-order valence-corrected chi connectivity index (χ1v) is 12.4. The fourth-order valence-corrected chi connectivity index (χ4v) is 5.41. The molecule has 7 heteroatoms. The van der Waals surface area contributed by atoms with E-state index in [2.05, 4.69) is 6.92 Å². The molecule has 0 fully saturated rings. The molecule has 0 aromatic heterocycles. The highest BCUT2D eigenvalue weighted by atomic mass is 28.4. The highest BCUT2D eigenvalue weighted by Gasteiger charge is 2.42. The summed E-state index contributed by atoms with van der Waals surface area (Å²) >= 11 is 0. The monoisotopic (exact) mass is 412 g/mol. The van der Waals surface area contributed by atoms with Crippen LogP contribution in [-0.4, -0.2) is 40.6 Å². The predicted octanol–water partition coefficient (Wildman–Crippen LogP) is 4.86. The Bertz CT molecular complexity index is 579. The van der Waals surface area contributed by atoms with Crippen LogP contribution in [0.2, 0.25) is 0 Å². The third-order valence-corrected chi connectivity index (χ3v) is 7.32. The van der Waals surface area contributed by atoms with E-state index < -0.39 is 14.6 Å². The molecule has 1 atom stereocenters. The summed E-state index contributed by atoms with van der Waals surface area (Å²) in [6.45, 7) is 12.1. The van der Waals surface area contributed by atoms with E-state index in [9.17, 15) is 0 Å². The zero-order valence-corrected chi connectivity index (χ0v) is 19.0. The Morgan fingerprint density at radius 2 is 1.68 bits per heavy atom. The lowest BCUT2D eigenvalue weighted by atomic mass is 10.1. The van der Waals surface area contributed by atoms with Crippen molar-refractivity contribution in [1.29, 1.82) is 0 Å². The largest absolute Gasteiger partial charge is 0.540 e. The van der Waals surface area contributed by atoms with E-state index in [0.29, 0.717) is 26.4 Å². The molecule has 6 nitrogen and oxygen atoms in total. The average Bonchev–Trinajstić information content (AvgIpc) is 2.67. The molecule has 1 aromatic carbocycles. The van der Waals surface area contributed by atoms with Gasteiger partial charge in [0.05, 0.1) is 6.61 Å². The molecular weight excluding hydrogens is 376 g/mol. The molecule has 0 spiro atoms. The van der Waals surface area contributed by atoms with Crippen molar-refractivity contribution in [2.45, 2.75) is 72.7 Å². The maximum Gasteiger partial charge on any atom is 0.540 e. The first kappa shape index (κ1) is 23.2. The molecule has 0 radical (unpaired) electrons. The van der Waals surface area contributed by atoms with Gasteiger partial charge in [-0.05, 0) is 45.4 Å². The number of unbranched alkanes of at least 4 members (excludes halogenated alkanes) is 2. The minimum Gasteiger partial charge on any atom is -0.489 e. The van der Waals surface area contributed by atoms with Gasteiger partial charge in [-0.15, -0.1) is 0 Å². The van der Waals surface area contributed by atoms with Crippen LogP contribution in [0.4, 0.5) is 0 Å². The Hall–Kier alpha value is -1.12. The van der Waals surface area contributed by atoms with Crippen LogP contribution >= 0.6 is 0 Å². The maximum atomic E-state index is 6.14. The van der Waals surface area contributed by atoms with Gasteiger partial charge in [0.15, 0.2) is 6.23 Å². The van der Waals surface area contributed by atoms with Crippen molar-refractivity contribution in [2.75, 3.05) is 26.1 Å². The summed E-state index contributed by atoms with van der Waals surface area (Å²) in [6.07, 6.45) is 4.64. The van der Waals surface area contributed by atoms with E-state index in [1.165, 1.54) is 12.8 Å². The Morgan fingerprint density at radius 3 is 2.29 bits per heavy atom. The van der Waals surface area contributed by atoms with E-state index in [0.717, 1.165) is 29.9 Å². The van der Waals surface area contributed by atoms with Crippen LogP contribution in [-0.2, 0) is 24.6 Å². The third kappa shape index (κ3) is 6.45. The highest BCUT2D eigenvalue weighted by Crippen LogP contribution is 2.36. The van der Waals surface area contributed by atoms with Gasteiger partial charge in [-0.1, -0.05) is 19.8 Å². The Labute approximate surface area is 170 Å². The van der Waals surface area contributed by atoms with Crippen LogP contribution in [0, 0.1) is 0 Å². The molecule has 2 rings (SSSR count). The van der Waals surface area contributed by atoms with Gasteiger partial charge >= 0.3 is 8.80 Å². The lowest BCUT2D eigenvalue weighted by molar-refractivity contribution is -0.198. The zero-order chi connectivity index (χ0) is 20.5. The van der Waals surface area contributed by atoms with Crippen molar-refractivity contribution in [2.24, 2.45) is 0 Å². The molecular formula is C21H36O6Si. The van der Waals surface area contributed by atoms with E-state index >= 15 is 0 Å². The smallest absolute Gasteiger partial charge is 0.489 e. The van der Waals surface area contributed by atoms with E-state index in [1.807, 2.05) is 45.9 Å². The van der Waals surface area contributed by atoms with Gasteiger partial charge < -0.3 is 27.5 Å². The van der Waals surface area contributed by atoms with Crippen molar-refractivity contribution in [3.8, 4) is 11.5 Å². The molecule has 1 heterocycles. The van der Waals surface area contributed by atoms with Crippen LogP contribution in [0.25, 0.3) is 0 Å². The van der Waals surface area contributed by atoms with Gasteiger partial charge in [-0.3, -0.25) is 0 Å². The topological polar surface area (TPSA) is 55.4 Å². The Balaban J connectivity index is 2.02. The molecule has 0 amide bonds. The lowest BCUT2D eigenvalue weighted by Crippen LogP contribution is -2.51. The predicted molar refractivity (Wildman–Crippen MR) is 111 cm³/mol. The van der Waals surface area contributed by atoms with Crippen LogP contribution in [0.15, 0.2) is 18.2 Å². The molecule has 1 aliphatic rings. The maximum absolute atomic E-state index is 6.14. The second kappa shape index (κ2) is 11.2. The SMILES string of the molecule is CCCCCC1(C)OCc2cc(OC[Si](OCC)(OCC)OCC)ccc2O1. The summed E-state index contributed by atoms with van der Waals surface area (Å²) in [5.41, 5.74) is 0.988. The average molecular weight is 413 g/mol. The first-order chi connectivity index (χ1) is 13.5. The molecule has 28 heavy (non-hydrogen) atoms. The third-order valence-electron chi connectivity index (χ3n) is 4.63. The summed E-state index contributed by atoms with van der Waals surface area (Å²) < 4.78 is 35.7. The fourth-order valence-electron chi connectivity index (χ4n) is 3.25. The number of benzene rings is 1. The Morgan fingerprint density at radius 1 is 1.00 bits per heavy atom. The van der Waals surface area contributed by atoms with Crippen molar-refractivity contribution >= 4 is 8.80 Å². The lowest BCUT2D eigenvalue weighted by Gasteiger charge is -2.36. The van der Waals surface area contributed by atoms with E-state index in [4.69, 9.17) is 27.5 Å². The van der Waals surface area contributed by atoms with Gasteiger partial charge in [0.2, 0.25) is 5.79 Å². The Kier molecular flexibility index (Phi) is 9.23. The van der Waals surface area contributed by atoms with Crippen LogP contribution < -0.4 is 9.47 Å². The van der Waals surface area contributed by atoms with Crippen LogP contribution in [0.3, 0.4) is 0 Å².